The van der Waals surface area contributed by atoms with Gasteiger partial charge in [0.05, 0.1) is 11.9 Å². The molecule has 7 heteroatoms. The highest BCUT2D eigenvalue weighted by atomic mass is 15.3. The largest absolute Gasteiger partial charge is 0.340 e. The van der Waals surface area contributed by atoms with Gasteiger partial charge in [0.15, 0.2) is 5.82 Å². The van der Waals surface area contributed by atoms with Gasteiger partial charge in [-0.25, -0.2) is 9.97 Å². The SMILES string of the molecule is Cc1ncc(-c2ccnc(Nc3cccc(-c4nncn4C4CC4)c3)c2)n1C. The quantitative estimate of drug-likeness (QED) is 0.571. The molecule has 28 heavy (non-hydrogen) atoms. The minimum Gasteiger partial charge on any atom is -0.340 e. The van der Waals surface area contributed by atoms with E-state index in [2.05, 4.69) is 46.7 Å². The molecule has 140 valence electrons. The maximum atomic E-state index is 4.47. The van der Waals surface area contributed by atoms with Crippen LogP contribution in [0.15, 0.2) is 55.1 Å². The number of benzene rings is 1. The second kappa shape index (κ2) is 6.60. The van der Waals surface area contributed by atoms with Crippen molar-refractivity contribution in [2.75, 3.05) is 5.32 Å². The molecule has 0 unspecified atom stereocenters. The molecule has 3 aromatic heterocycles. The Kier molecular flexibility index (Phi) is 3.93. The third-order valence-electron chi connectivity index (χ3n) is 5.18. The number of anilines is 2. The molecule has 0 spiro atoms. The molecular formula is C21H21N7. The first-order valence-corrected chi connectivity index (χ1v) is 9.41. The van der Waals surface area contributed by atoms with E-state index in [9.17, 15) is 0 Å². The monoisotopic (exact) mass is 371 g/mol. The predicted molar refractivity (Wildman–Crippen MR) is 108 cm³/mol. The van der Waals surface area contributed by atoms with Crippen molar-refractivity contribution in [3.8, 4) is 22.6 Å². The lowest BCUT2D eigenvalue weighted by Crippen LogP contribution is -1.98. The molecule has 0 saturated heterocycles. The lowest BCUT2D eigenvalue weighted by atomic mass is 10.1. The average molecular weight is 371 g/mol. The minimum absolute atomic E-state index is 0.544. The van der Waals surface area contributed by atoms with Gasteiger partial charge in [-0.1, -0.05) is 12.1 Å². The van der Waals surface area contributed by atoms with E-state index in [1.54, 1.807) is 0 Å². The first kappa shape index (κ1) is 16.7. The number of aryl methyl sites for hydroxylation is 1. The molecule has 0 amide bonds. The maximum absolute atomic E-state index is 4.47. The zero-order valence-electron chi connectivity index (χ0n) is 15.9. The van der Waals surface area contributed by atoms with Crippen LogP contribution in [0.25, 0.3) is 22.6 Å². The second-order valence-electron chi connectivity index (χ2n) is 7.18. The number of imidazole rings is 1. The van der Waals surface area contributed by atoms with Crippen LogP contribution in [0.2, 0.25) is 0 Å². The molecule has 0 bridgehead atoms. The van der Waals surface area contributed by atoms with Gasteiger partial charge >= 0.3 is 0 Å². The standard InChI is InChI=1S/C21H21N7/c1-14-23-12-19(27(14)2)15-8-9-22-20(11-15)25-17-5-3-4-16(10-17)21-26-24-13-28(21)18-6-7-18/h3-5,8-13,18H,6-7H2,1-2H3,(H,22,25). The number of hydrogen-bond acceptors (Lipinski definition) is 5. The Morgan fingerprint density at radius 2 is 1.96 bits per heavy atom. The van der Waals surface area contributed by atoms with Crippen molar-refractivity contribution in [2.45, 2.75) is 25.8 Å². The van der Waals surface area contributed by atoms with Crippen LogP contribution in [0.1, 0.15) is 24.7 Å². The number of hydrogen-bond donors (Lipinski definition) is 1. The van der Waals surface area contributed by atoms with Crippen molar-refractivity contribution in [1.29, 1.82) is 0 Å². The van der Waals surface area contributed by atoms with Crippen LogP contribution in [0.3, 0.4) is 0 Å². The summed E-state index contributed by atoms with van der Waals surface area (Å²) in [7, 11) is 2.02. The van der Waals surface area contributed by atoms with Gasteiger partial charge < -0.3 is 14.5 Å². The summed E-state index contributed by atoms with van der Waals surface area (Å²) in [6.07, 6.45) is 7.93. The lowest BCUT2D eigenvalue weighted by molar-refractivity contribution is 0.746. The summed E-state index contributed by atoms with van der Waals surface area (Å²) in [5.74, 6) is 2.68. The van der Waals surface area contributed by atoms with Crippen LogP contribution in [-0.4, -0.2) is 29.3 Å². The highest BCUT2D eigenvalue weighted by Gasteiger charge is 2.26. The van der Waals surface area contributed by atoms with Gasteiger partial charge in [-0.05, 0) is 44.0 Å². The van der Waals surface area contributed by atoms with E-state index < -0.39 is 0 Å². The molecule has 0 atom stereocenters. The Hall–Kier alpha value is -3.48. The Morgan fingerprint density at radius 1 is 1.07 bits per heavy atom. The molecule has 5 rings (SSSR count). The number of pyridine rings is 1. The number of nitrogens with zero attached hydrogens (tertiary/aromatic N) is 6. The molecule has 1 fully saturated rings. The van der Waals surface area contributed by atoms with E-state index >= 15 is 0 Å². The van der Waals surface area contributed by atoms with Gasteiger partial charge in [0.1, 0.15) is 18.0 Å². The maximum Gasteiger partial charge on any atom is 0.164 e. The van der Waals surface area contributed by atoms with Crippen molar-refractivity contribution in [3.63, 3.8) is 0 Å². The van der Waals surface area contributed by atoms with Crippen molar-refractivity contribution < 1.29 is 0 Å². The molecule has 7 nitrogen and oxygen atoms in total. The Bertz CT molecular complexity index is 1140. The van der Waals surface area contributed by atoms with E-state index in [4.69, 9.17) is 0 Å². The average Bonchev–Trinajstić information content (AvgIpc) is 3.34. The fourth-order valence-corrected chi connectivity index (χ4v) is 3.38. The summed E-state index contributed by atoms with van der Waals surface area (Å²) < 4.78 is 4.24. The highest BCUT2D eigenvalue weighted by molar-refractivity contribution is 5.69. The molecule has 1 aromatic carbocycles. The van der Waals surface area contributed by atoms with Gasteiger partial charge in [0.2, 0.25) is 0 Å². The lowest BCUT2D eigenvalue weighted by Gasteiger charge is -2.10. The smallest absolute Gasteiger partial charge is 0.164 e. The van der Waals surface area contributed by atoms with Crippen LogP contribution in [0.5, 0.6) is 0 Å². The van der Waals surface area contributed by atoms with Gasteiger partial charge in [0, 0.05) is 36.1 Å². The van der Waals surface area contributed by atoms with E-state index in [-0.39, 0.29) is 0 Å². The number of nitrogens with one attached hydrogen (secondary N) is 1. The molecular weight excluding hydrogens is 350 g/mol. The molecule has 3 heterocycles. The van der Waals surface area contributed by atoms with Gasteiger partial charge in [-0.3, -0.25) is 0 Å². The van der Waals surface area contributed by atoms with Crippen LogP contribution >= 0.6 is 0 Å². The Labute approximate surface area is 163 Å². The molecule has 0 radical (unpaired) electrons. The number of rotatable bonds is 5. The van der Waals surface area contributed by atoms with Crippen LogP contribution in [-0.2, 0) is 7.05 Å². The fraction of sp³-hybridized carbons (Fsp3) is 0.238. The number of aromatic nitrogens is 6. The molecule has 1 aliphatic carbocycles. The normalized spacial score (nSPS) is 13.6. The van der Waals surface area contributed by atoms with Crippen molar-refractivity contribution >= 4 is 11.5 Å². The van der Waals surface area contributed by atoms with Crippen molar-refractivity contribution in [3.05, 3.63) is 60.9 Å². The molecule has 1 saturated carbocycles. The van der Waals surface area contributed by atoms with E-state index in [0.717, 1.165) is 40.0 Å². The zero-order valence-corrected chi connectivity index (χ0v) is 15.9. The third kappa shape index (κ3) is 3.05. The van der Waals surface area contributed by atoms with E-state index in [0.29, 0.717) is 6.04 Å². The molecule has 1 N–H and O–H groups in total. The van der Waals surface area contributed by atoms with Crippen LogP contribution in [0, 0.1) is 6.92 Å². The highest BCUT2D eigenvalue weighted by Crippen LogP contribution is 2.37. The fourth-order valence-electron chi connectivity index (χ4n) is 3.38. The van der Waals surface area contributed by atoms with Gasteiger partial charge in [-0.2, -0.15) is 0 Å². The summed E-state index contributed by atoms with van der Waals surface area (Å²) in [6, 6.07) is 12.8. The Balaban J connectivity index is 1.43. The van der Waals surface area contributed by atoms with Crippen LogP contribution in [0.4, 0.5) is 11.5 Å². The van der Waals surface area contributed by atoms with Gasteiger partial charge in [0.25, 0.3) is 0 Å². The predicted octanol–water partition coefficient (Wildman–Crippen LogP) is 4.13. The molecule has 0 aliphatic heterocycles. The van der Waals surface area contributed by atoms with Crippen molar-refractivity contribution in [2.24, 2.45) is 7.05 Å². The summed E-state index contributed by atoms with van der Waals surface area (Å²) in [5.41, 5.74) is 4.15. The summed E-state index contributed by atoms with van der Waals surface area (Å²) in [6.45, 7) is 2.00. The third-order valence-corrected chi connectivity index (χ3v) is 5.18. The topological polar surface area (TPSA) is 73.5 Å². The van der Waals surface area contributed by atoms with Crippen LogP contribution < -0.4 is 5.32 Å². The summed E-state index contributed by atoms with van der Waals surface area (Å²) >= 11 is 0. The minimum atomic E-state index is 0.544. The van der Waals surface area contributed by atoms with E-state index in [1.807, 2.05) is 57.0 Å². The second-order valence-corrected chi connectivity index (χ2v) is 7.18. The summed E-state index contributed by atoms with van der Waals surface area (Å²) in [4.78, 5) is 8.85. The van der Waals surface area contributed by atoms with Gasteiger partial charge in [-0.15, -0.1) is 10.2 Å². The molecule has 4 aromatic rings. The first-order chi connectivity index (χ1) is 13.7. The zero-order chi connectivity index (χ0) is 19.1. The first-order valence-electron chi connectivity index (χ1n) is 9.41. The Morgan fingerprint density at radius 3 is 2.75 bits per heavy atom. The summed E-state index contributed by atoms with van der Waals surface area (Å²) in [5, 5.41) is 11.8. The van der Waals surface area contributed by atoms with Crippen molar-refractivity contribution in [1.82, 2.24) is 29.3 Å². The van der Waals surface area contributed by atoms with E-state index in [1.165, 1.54) is 12.8 Å². The molecule has 1 aliphatic rings.